The molecular formula is C12H8Cl2O3. The lowest BCUT2D eigenvalue weighted by molar-refractivity contribution is -0.142. The lowest BCUT2D eigenvalue weighted by Crippen LogP contribution is -1.96. The molecule has 0 saturated carbocycles. The molecule has 1 aromatic carbocycles. The minimum absolute atomic E-state index is 0.195. The lowest BCUT2D eigenvalue weighted by atomic mass is 10.2. The maximum absolute atomic E-state index is 11.1. The van der Waals surface area contributed by atoms with Gasteiger partial charge in [-0.05, 0) is 12.1 Å². The van der Waals surface area contributed by atoms with Gasteiger partial charge in [-0.1, -0.05) is 23.2 Å². The smallest absolute Gasteiger partial charge is 0.306 e. The van der Waals surface area contributed by atoms with E-state index in [2.05, 4.69) is 0 Å². The minimum atomic E-state index is -0.301. The average Bonchev–Trinajstić information content (AvgIpc) is 2.83. The number of furan rings is 1. The molecule has 3 nitrogen and oxygen atoms in total. The molecule has 0 N–H and O–H groups in total. The summed E-state index contributed by atoms with van der Waals surface area (Å²) in [6, 6.07) is 5.16. The number of fused-ring (bicyclic) bond motifs is 1. The van der Waals surface area contributed by atoms with E-state index >= 15 is 0 Å². The molecule has 0 bridgehead atoms. The highest BCUT2D eigenvalue weighted by Crippen LogP contribution is 2.36. The van der Waals surface area contributed by atoms with Gasteiger partial charge in [-0.15, -0.1) is 0 Å². The van der Waals surface area contributed by atoms with Gasteiger partial charge >= 0.3 is 5.97 Å². The van der Waals surface area contributed by atoms with Crippen LogP contribution in [0.5, 0.6) is 0 Å². The number of ether oxygens (including phenoxy) is 1. The predicted molar refractivity (Wildman–Crippen MR) is 64.3 cm³/mol. The normalized spacial score (nSPS) is 19.9. The van der Waals surface area contributed by atoms with E-state index in [9.17, 15) is 4.79 Å². The zero-order valence-corrected chi connectivity index (χ0v) is 10.2. The Bertz CT molecular complexity index is 603. The Morgan fingerprint density at radius 3 is 2.76 bits per heavy atom. The fourth-order valence-corrected chi connectivity index (χ4v) is 2.50. The summed E-state index contributed by atoms with van der Waals surface area (Å²) in [6.07, 6.45) is 0.768. The maximum atomic E-state index is 11.1. The second-order valence-corrected chi connectivity index (χ2v) is 4.81. The number of hydrogen-bond donors (Lipinski definition) is 0. The SMILES string of the molecule is O=C1CCC(c2cc3c(Cl)cc(Cl)cc3o2)O1. The molecule has 17 heavy (non-hydrogen) atoms. The van der Waals surface area contributed by atoms with Crippen LogP contribution >= 0.6 is 23.2 Å². The number of halogens is 2. The van der Waals surface area contributed by atoms with Crippen molar-refractivity contribution in [3.05, 3.63) is 34.0 Å². The molecule has 1 unspecified atom stereocenters. The van der Waals surface area contributed by atoms with Crippen LogP contribution in [0.4, 0.5) is 0 Å². The van der Waals surface area contributed by atoms with Crippen molar-refractivity contribution < 1.29 is 13.9 Å². The second-order valence-electron chi connectivity index (χ2n) is 3.97. The van der Waals surface area contributed by atoms with Crippen LogP contribution in [-0.2, 0) is 9.53 Å². The molecule has 0 spiro atoms. The van der Waals surface area contributed by atoms with E-state index < -0.39 is 0 Å². The van der Waals surface area contributed by atoms with Crippen molar-refractivity contribution in [3.8, 4) is 0 Å². The van der Waals surface area contributed by atoms with Crippen LogP contribution in [0.15, 0.2) is 22.6 Å². The number of esters is 1. The molecule has 2 heterocycles. The minimum Gasteiger partial charge on any atom is -0.457 e. The first kappa shape index (κ1) is 10.9. The standard InChI is InChI=1S/C12H8Cl2O3/c13-6-3-8(14)7-5-11(16-10(7)4-6)9-1-2-12(15)17-9/h3-5,9H,1-2H2. The number of hydrogen-bond acceptors (Lipinski definition) is 3. The van der Waals surface area contributed by atoms with E-state index in [1.54, 1.807) is 18.2 Å². The molecule has 1 aromatic heterocycles. The summed E-state index contributed by atoms with van der Waals surface area (Å²) < 4.78 is 10.8. The first-order valence-corrected chi connectivity index (χ1v) is 5.97. The molecule has 0 radical (unpaired) electrons. The summed E-state index contributed by atoms with van der Waals surface area (Å²) in [7, 11) is 0. The lowest BCUT2D eigenvalue weighted by Gasteiger charge is -2.03. The first-order chi connectivity index (χ1) is 8.13. The summed E-state index contributed by atoms with van der Waals surface area (Å²) >= 11 is 11.9. The van der Waals surface area contributed by atoms with E-state index in [-0.39, 0.29) is 12.1 Å². The highest BCUT2D eigenvalue weighted by Gasteiger charge is 2.28. The van der Waals surface area contributed by atoms with Crippen LogP contribution in [0.2, 0.25) is 10.0 Å². The zero-order valence-electron chi connectivity index (χ0n) is 8.70. The molecule has 1 atom stereocenters. The number of carbonyl (C=O) groups excluding carboxylic acids is 1. The molecule has 2 aromatic rings. The number of cyclic esters (lactones) is 1. The molecule has 3 rings (SSSR count). The van der Waals surface area contributed by atoms with Crippen molar-refractivity contribution in [1.82, 2.24) is 0 Å². The molecule has 1 aliphatic rings. The van der Waals surface area contributed by atoms with Gasteiger partial charge in [0.2, 0.25) is 0 Å². The van der Waals surface area contributed by atoms with Gasteiger partial charge < -0.3 is 9.15 Å². The molecule has 1 saturated heterocycles. The molecular weight excluding hydrogens is 263 g/mol. The maximum Gasteiger partial charge on any atom is 0.306 e. The van der Waals surface area contributed by atoms with Gasteiger partial charge in [-0.3, -0.25) is 4.79 Å². The Labute approximate surface area is 107 Å². The Kier molecular flexibility index (Phi) is 2.53. The Balaban J connectivity index is 2.07. The molecule has 0 amide bonds. The summed E-state index contributed by atoms with van der Waals surface area (Å²) in [4.78, 5) is 11.1. The van der Waals surface area contributed by atoms with Gasteiger partial charge in [0, 0.05) is 29.3 Å². The zero-order chi connectivity index (χ0) is 12.0. The van der Waals surface area contributed by atoms with Crippen LogP contribution in [0.1, 0.15) is 24.7 Å². The van der Waals surface area contributed by atoms with Crippen molar-refractivity contribution in [2.75, 3.05) is 0 Å². The third-order valence-electron chi connectivity index (χ3n) is 2.77. The second kappa shape index (κ2) is 3.93. The third kappa shape index (κ3) is 1.90. The van der Waals surface area contributed by atoms with Crippen LogP contribution in [0.25, 0.3) is 11.0 Å². The highest BCUT2D eigenvalue weighted by atomic mass is 35.5. The highest BCUT2D eigenvalue weighted by molar-refractivity contribution is 6.38. The largest absolute Gasteiger partial charge is 0.457 e. The average molecular weight is 271 g/mol. The van der Waals surface area contributed by atoms with Gasteiger partial charge in [0.15, 0.2) is 6.10 Å². The summed E-state index contributed by atoms with van der Waals surface area (Å²) in [5.74, 6) is 0.426. The Morgan fingerprint density at radius 1 is 1.24 bits per heavy atom. The summed E-state index contributed by atoms with van der Waals surface area (Å²) in [6.45, 7) is 0. The van der Waals surface area contributed by atoms with Gasteiger partial charge in [-0.25, -0.2) is 0 Å². The Morgan fingerprint density at radius 2 is 2.06 bits per heavy atom. The first-order valence-electron chi connectivity index (χ1n) is 5.21. The van der Waals surface area contributed by atoms with Crippen LogP contribution in [0.3, 0.4) is 0 Å². The van der Waals surface area contributed by atoms with Gasteiger partial charge in [0.25, 0.3) is 0 Å². The molecule has 5 heteroatoms. The van der Waals surface area contributed by atoms with E-state index in [4.69, 9.17) is 32.4 Å². The molecule has 1 fully saturated rings. The van der Waals surface area contributed by atoms with Crippen molar-refractivity contribution >= 4 is 40.1 Å². The van der Waals surface area contributed by atoms with Crippen molar-refractivity contribution in [2.24, 2.45) is 0 Å². The van der Waals surface area contributed by atoms with E-state index in [0.29, 0.717) is 34.2 Å². The third-order valence-corrected chi connectivity index (χ3v) is 3.30. The van der Waals surface area contributed by atoms with Crippen LogP contribution in [-0.4, -0.2) is 5.97 Å². The van der Waals surface area contributed by atoms with Crippen LogP contribution < -0.4 is 0 Å². The van der Waals surface area contributed by atoms with Crippen molar-refractivity contribution in [3.63, 3.8) is 0 Å². The topological polar surface area (TPSA) is 39.4 Å². The fourth-order valence-electron chi connectivity index (χ4n) is 1.97. The summed E-state index contributed by atoms with van der Waals surface area (Å²) in [5, 5.41) is 1.84. The van der Waals surface area contributed by atoms with Crippen molar-refractivity contribution in [1.29, 1.82) is 0 Å². The summed E-state index contributed by atoms with van der Waals surface area (Å²) in [5.41, 5.74) is 0.612. The van der Waals surface area contributed by atoms with E-state index in [1.807, 2.05) is 0 Å². The quantitative estimate of drug-likeness (QED) is 0.732. The monoisotopic (exact) mass is 270 g/mol. The Hall–Kier alpha value is -1.19. The molecule has 0 aliphatic carbocycles. The fraction of sp³-hybridized carbons (Fsp3) is 0.250. The number of carbonyl (C=O) groups is 1. The van der Waals surface area contributed by atoms with Crippen LogP contribution in [0, 0.1) is 0 Å². The van der Waals surface area contributed by atoms with Crippen molar-refractivity contribution in [2.45, 2.75) is 18.9 Å². The molecule has 88 valence electrons. The number of benzene rings is 1. The van der Waals surface area contributed by atoms with Gasteiger partial charge in [0.1, 0.15) is 11.3 Å². The van der Waals surface area contributed by atoms with E-state index in [0.717, 1.165) is 5.39 Å². The molecule has 1 aliphatic heterocycles. The van der Waals surface area contributed by atoms with E-state index in [1.165, 1.54) is 0 Å². The number of rotatable bonds is 1. The van der Waals surface area contributed by atoms with Gasteiger partial charge in [0.05, 0.1) is 5.02 Å². The predicted octanol–water partition coefficient (Wildman–Crippen LogP) is 4.12. The van der Waals surface area contributed by atoms with Gasteiger partial charge in [-0.2, -0.15) is 0 Å².